The quantitative estimate of drug-likeness (QED) is 0.295. The van der Waals surface area contributed by atoms with Gasteiger partial charge in [0.1, 0.15) is 12.2 Å². The lowest BCUT2D eigenvalue weighted by atomic mass is 9.82. The molecule has 0 aliphatic heterocycles. The van der Waals surface area contributed by atoms with Crippen LogP contribution in [0.1, 0.15) is 60.7 Å². The Morgan fingerprint density at radius 2 is 1.81 bits per heavy atom. The highest BCUT2D eigenvalue weighted by molar-refractivity contribution is 5.77. The van der Waals surface area contributed by atoms with Crippen LogP contribution in [0.3, 0.4) is 0 Å². The predicted octanol–water partition coefficient (Wildman–Crippen LogP) is 6.17. The summed E-state index contributed by atoms with van der Waals surface area (Å²) >= 11 is 0. The molecule has 188 valence electrons. The van der Waals surface area contributed by atoms with Gasteiger partial charge in [0.2, 0.25) is 0 Å². The molecule has 37 heavy (non-hydrogen) atoms. The van der Waals surface area contributed by atoms with Crippen LogP contribution < -0.4 is 0 Å². The molecule has 0 atom stereocenters. The first kappa shape index (κ1) is 23.6. The van der Waals surface area contributed by atoms with Crippen LogP contribution in [0, 0.1) is 6.92 Å². The third-order valence-corrected chi connectivity index (χ3v) is 7.40. The molecule has 0 amide bonds. The summed E-state index contributed by atoms with van der Waals surface area (Å²) in [5, 5.41) is 4.31. The molecule has 1 aliphatic rings. The van der Waals surface area contributed by atoms with Gasteiger partial charge in [-0.15, -0.1) is 0 Å². The maximum atomic E-state index is 5.07. The number of hydrogen-bond acceptors (Lipinski definition) is 5. The van der Waals surface area contributed by atoms with Gasteiger partial charge >= 0.3 is 0 Å². The molecule has 1 fully saturated rings. The molecule has 0 bridgehead atoms. The largest absolute Gasteiger partial charge is 0.339 e. The molecule has 0 radical (unpaired) electrons. The Morgan fingerprint density at radius 1 is 0.946 bits per heavy atom. The molecule has 0 unspecified atom stereocenters. The van der Waals surface area contributed by atoms with Crippen molar-refractivity contribution >= 4 is 5.65 Å². The summed E-state index contributed by atoms with van der Waals surface area (Å²) in [4.78, 5) is 20.1. The minimum absolute atomic E-state index is 0.694. The van der Waals surface area contributed by atoms with E-state index in [4.69, 9.17) is 9.97 Å². The van der Waals surface area contributed by atoms with Gasteiger partial charge in [-0.1, -0.05) is 49.6 Å². The molecule has 1 N–H and O–H groups in total. The normalized spacial score (nSPS) is 14.6. The lowest BCUT2D eigenvalue weighted by Crippen LogP contribution is -2.20. The summed E-state index contributed by atoms with van der Waals surface area (Å²) in [6.07, 6.45) is 10.2. The van der Waals surface area contributed by atoms with E-state index in [0.717, 1.165) is 46.4 Å². The average molecular weight is 492 g/mol. The van der Waals surface area contributed by atoms with E-state index in [2.05, 4.69) is 51.3 Å². The highest BCUT2D eigenvalue weighted by Crippen LogP contribution is 2.35. The van der Waals surface area contributed by atoms with E-state index >= 15 is 0 Å². The van der Waals surface area contributed by atoms with Crippen molar-refractivity contribution in [1.29, 1.82) is 0 Å². The monoisotopic (exact) mass is 491 g/mol. The number of benzene rings is 1. The molecule has 7 heteroatoms. The molecular formula is C30H33N7. The zero-order chi connectivity index (χ0) is 25.2. The Labute approximate surface area is 217 Å². The van der Waals surface area contributed by atoms with Crippen LogP contribution in [0.5, 0.6) is 0 Å². The summed E-state index contributed by atoms with van der Waals surface area (Å²) in [6.45, 7) is 3.62. The zero-order valence-electron chi connectivity index (χ0n) is 21.6. The summed E-state index contributed by atoms with van der Waals surface area (Å²) in [5.74, 6) is 1.61. The number of rotatable bonds is 7. The van der Waals surface area contributed by atoms with Gasteiger partial charge in [0.05, 0.1) is 23.6 Å². The Kier molecular flexibility index (Phi) is 6.53. The minimum atomic E-state index is 0.694. The number of nitrogens with zero attached hydrogens (tertiary/aromatic N) is 6. The van der Waals surface area contributed by atoms with Crippen molar-refractivity contribution in [2.75, 3.05) is 7.05 Å². The second-order valence-corrected chi connectivity index (χ2v) is 10.3. The second kappa shape index (κ2) is 10.3. The van der Waals surface area contributed by atoms with Crippen LogP contribution in [0.4, 0.5) is 0 Å². The minimum Gasteiger partial charge on any atom is -0.339 e. The summed E-state index contributed by atoms with van der Waals surface area (Å²) in [6, 6.07) is 19.1. The van der Waals surface area contributed by atoms with Crippen molar-refractivity contribution in [3.63, 3.8) is 0 Å². The smallest absolute Gasteiger partial charge is 0.155 e. The fourth-order valence-corrected chi connectivity index (χ4v) is 5.62. The maximum Gasteiger partial charge on any atom is 0.155 e. The Morgan fingerprint density at radius 3 is 2.68 bits per heavy atom. The molecular weight excluding hydrogens is 458 g/mol. The Bertz CT molecular complexity index is 1510. The summed E-state index contributed by atoms with van der Waals surface area (Å²) < 4.78 is 1.78. The first-order valence-electron chi connectivity index (χ1n) is 13.2. The molecule has 0 spiro atoms. The summed E-state index contributed by atoms with van der Waals surface area (Å²) in [5.41, 5.74) is 8.41. The van der Waals surface area contributed by atoms with Crippen molar-refractivity contribution in [1.82, 2.24) is 34.4 Å². The van der Waals surface area contributed by atoms with Crippen molar-refractivity contribution in [2.24, 2.45) is 0 Å². The van der Waals surface area contributed by atoms with E-state index in [-0.39, 0.29) is 0 Å². The van der Waals surface area contributed by atoms with Gasteiger partial charge in [0, 0.05) is 24.0 Å². The fourth-order valence-electron chi connectivity index (χ4n) is 5.62. The van der Waals surface area contributed by atoms with Crippen molar-refractivity contribution in [2.45, 2.75) is 58.0 Å². The van der Waals surface area contributed by atoms with E-state index in [1.165, 1.54) is 43.2 Å². The van der Waals surface area contributed by atoms with E-state index < -0.39 is 0 Å². The Balaban J connectivity index is 1.30. The molecule has 4 aromatic heterocycles. The van der Waals surface area contributed by atoms with Gasteiger partial charge in [-0.05, 0) is 68.1 Å². The standard InChI is InChI=1S/C30H33N7/c1-21-9-8-14-26(33-21)30-29(24-15-16-28-31-20-32-37(28)18-24)34-27(35-30)19-36(2)17-23-12-6-7-13-25(23)22-10-4-3-5-11-22/h6-9,12-16,18,20,22H,3-5,10-11,17,19H2,1-2H3,(H,34,35). The number of hydrogen-bond donors (Lipinski definition) is 1. The van der Waals surface area contributed by atoms with Crippen LogP contribution in [-0.4, -0.2) is 41.5 Å². The SMILES string of the molecule is Cc1cccc(-c2[nH]c(CN(C)Cc3ccccc3C3CCCCC3)nc2-c2ccc3ncnn3c2)n1. The fraction of sp³-hybridized carbons (Fsp3) is 0.333. The molecule has 1 aromatic carbocycles. The lowest BCUT2D eigenvalue weighted by Gasteiger charge is -2.26. The van der Waals surface area contributed by atoms with Gasteiger partial charge in [-0.3, -0.25) is 9.88 Å². The topological polar surface area (TPSA) is 75.0 Å². The van der Waals surface area contributed by atoms with Gasteiger partial charge in [0.25, 0.3) is 0 Å². The van der Waals surface area contributed by atoms with Crippen LogP contribution in [-0.2, 0) is 13.1 Å². The predicted molar refractivity (Wildman–Crippen MR) is 146 cm³/mol. The number of aromatic nitrogens is 6. The van der Waals surface area contributed by atoms with Gasteiger partial charge in [-0.25, -0.2) is 14.5 Å². The number of H-pyrrole nitrogens is 1. The van der Waals surface area contributed by atoms with Crippen LogP contribution in [0.25, 0.3) is 28.3 Å². The number of pyridine rings is 2. The number of aryl methyl sites for hydroxylation is 1. The molecule has 7 nitrogen and oxygen atoms in total. The van der Waals surface area contributed by atoms with Gasteiger partial charge < -0.3 is 4.98 Å². The molecule has 0 saturated heterocycles. The average Bonchev–Trinajstić information content (AvgIpc) is 3.56. The van der Waals surface area contributed by atoms with Crippen LogP contribution >= 0.6 is 0 Å². The van der Waals surface area contributed by atoms with Crippen molar-refractivity contribution < 1.29 is 0 Å². The third kappa shape index (κ3) is 5.04. The van der Waals surface area contributed by atoms with Crippen molar-refractivity contribution in [3.05, 3.63) is 89.8 Å². The van der Waals surface area contributed by atoms with E-state index in [1.807, 2.05) is 43.5 Å². The molecule has 5 aromatic rings. The number of nitrogens with one attached hydrogen (secondary N) is 1. The molecule has 1 aliphatic carbocycles. The van der Waals surface area contributed by atoms with E-state index in [0.29, 0.717) is 12.5 Å². The highest BCUT2D eigenvalue weighted by atomic mass is 15.3. The van der Waals surface area contributed by atoms with Gasteiger partial charge in [0.15, 0.2) is 5.65 Å². The first-order chi connectivity index (χ1) is 18.1. The second-order valence-electron chi connectivity index (χ2n) is 10.3. The number of imidazole rings is 1. The number of aromatic amines is 1. The molecule has 1 saturated carbocycles. The first-order valence-corrected chi connectivity index (χ1v) is 13.2. The van der Waals surface area contributed by atoms with Crippen LogP contribution in [0.15, 0.2) is 67.1 Å². The third-order valence-electron chi connectivity index (χ3n) is 7.40. The molecule has 4 heterocycles. The lowest BCUT2D eigenvalue weighted by molar-refractivity contribution is 0.309. The zero-order valence-corrected chi connectivity index (χ0v) is 21.6. The van der Waals surface area contributed by atoms with E-state index in [9.17, 15) is 0 Å². The van der Waals surface area contributed by atoms with Crippen LogP contribution in [0.2, 0.25) is 0 Å². The van der Waals surface area contributed by atoms with Gasteiger partial charge in [-0.2, -0.15) is 5.10 Å². The van der Waals surface area contributed by atoms with E-state index in [1.54, 1.807) is 10.8 Å². The number of fused-ring (bicyclic) bond motifs is 1. The Hall–Kier alpha value is -3.84. The maximum absolute atomic E-state index is 5.07. The van der Waals surface area contributed by atoms with Crippen molar-refractivity contribution in [3.8, 4) is 22.6 Å². The summed E-state index contributed by atoms with van der Waals surface area (Å²) in [7, 11) is 2.17. The molecule has 6 rings (SSSR count). The highest BCUT2D eigenvalue weighted by Gasteiger charge is 2.20.